The second kappa shape index (κ2) is 6.44. The number of likely N-dealkylation sites (N-methyl/N-ethyl adjacent to an activating group) is 1. The standard InChI is InChI=1S/C20H19FN2O3/c1-23-16-4-2-3-15(19(16)26-11-17(23)24)22-20(25)18(12-5-6-12)13-7-9-14(21)10-8-13/h2-4,7-10,12,18H,5-6,11H2,1H3,(H,22,25). The maximum Gasteiger partial charge on any atom is 0.264 e. The van der Waals surface area contributed by atoms with Gasteiger partial charge < -0.3 is 15.0 Å². The van der Waals surface area contributed by atoms with Gasteiger partial charge in [0.25, 0.3) is 5.91 Å². The highest BCUT2D eigenvalue weighted by Gasteiger charge is 2.38. The van der Waals surface area contributed by atoms with Gasteiger partial charge in [0.15, 0.2) is 12.4 Å². The first kappa shape index (κ1) is 16.6. The van der Waals surface area contributed by atoms with Crippen LogP contribution in [0.25, 0.3) is 0 Å². The fraction of sp³-hybridized carbons (Fsp3) is 0.300. The quantitative estimate of drug-likeness (QED) is 0.916. The van der Waals surface area contributed by atoms with E-state index in [0.717, 1.165) is 18.4 Å². The highest BCUT2D eigenvalue weighted by atomic mass is 19.1. The molecule has 5 nitrogen and oxygen atoms in total. The predicted molar refractivity (Wildman–Crippen MR) is 95.8 cm³/mol. The fourth-order valence-corrected chi connectivity index (χ4v) is 3.35. The van der Waals surface area contributed by atoms with Gasteiger partial charge in [-0.15, -0.1) is 0 Å². The Morgan fingerprint density at radius 1 is 1.23 bits per heavy atom. The van der Waals surface area contributed by atoms with Gasteiger partial charge in [-0.2, -0.15) is 0 Å². The number of para-hydroxylation sites is 1. The molecule has 2 amide bonds. The van der Waals surface area contributed by atoms with E-state index in [2.05, 4.69) is 5.32 Å². The molecule has 0 aromatic heterocycles. The van der Waals surface area contributed by atoms with Crippen molar-refractivity contribution in [2.45, 2.75) is 18.8 Å². The molecule has 0 bridgehead atoms. The summed E-state index contributed by atoms with van der Waals surface area (Å²) in [6.45, 7) is -0.0552. The summed E-state index contributed by atoms with van der Waals surface area (Å²) >= 11 is 0. The molecule has 1 heterocycles. The smallest absolute Gasteiger partial charge is 0.264 e. The first-order chi connectivity index (χ1) is 12.5. The Kier molecular flexibility index (Phi) is 4.11. The monoisotopic (exact) mass is 354 g/mol. The number of hydrogen-bond acceptors (Lipinski definition) is 3. The molecule has 2 aromatic rings. The predicted octanol–water partition coefficient (Wildman–Crippen LogP) is 3.31. The molecule has 134 valence electrons. The molecular weight excluding hydrogens is 335 g/mol. The molecule has 0 spiro atoms. The SMILES string of the molecule is CN1C(=O)COc2c(NC(=O)C(c3ccc(F)cc3)C3CC3)cccc21. The lowest BCUT2D eigenvalue weighted by molar-refractivity contribution is -0.121. The van der Waals surface area contributed by atoms with Gasteiger partial charge in [0.05, 0.1) is 17.3 Å². The van der Waals surface area contributed by atoms with Crippen molar-refractivity contribution >= 4 is 23.2 Å². The molecule has 1 atom stereocenters. The van der Waals surface area contributed by atoms with E-state index >= 15 is 0 Å². The Morgan fingerprint density at radius 2 is 1.96 bits per heavy atom. The van der Waals surface area contributed by atoms with Crippen molar-refractivity contribution in [3.05, 3.63) is 53.8 Å². The van der Waals surface area contributed by atoms with E-state index in [1.54, 1.807) is 37.4 Å². The Labute approximate surface area is 150 Å². The average molecular weight is 354 g/mol. The molecule has 1 aliphatic carbocycles. The van der Waals surface area contributed by atoms with Crippen molar-refractivity contribution in [3.8, 4) is 5.75 Å². The number of halogens is 1. The number of carbonyl (C=O) groups excluding carboxylic acids is 2. The fourth-order valence-electron chi connectivity index (χ4n) is 3.35. The van der Waals surface area contributed by atoms with Gasteiger partial charge in [-0.25, -0.2) is 4.39 Å². The van der Waals surface area contributed by atoms with Crippen molar-refractivity contribution in [3.63, 3.8) is 0 Å². The second-order valence-corrected chi connectivity index (χ2v) is 6.75. The van der Waals surface area contributed by atoms with Gasteiger partial charge >= 0.3 is 0 Å². The second-order valence-electron chi connectivity index (χ2n) is 6.75. The highest BCUT2D eigenvalue weighted by molar-refractivity contribution is 6.02. The first-order valence-corrected chi connectivity index (χ1v) is 8.63. The van der Waals surface area contributed by atoms with Gasteiger partial charge in [0.2, 0.25) is 5.91 Å². The molecule has 1 N–H and O–H groups in total. The van der Waals surface area contributed by atoms with Gasteiger partial charge in [-0.1, -0.05) is 18.2 Å². The number of benzene rings is 2. The lowest BCUT2D eigenvalue weighted by Crippen LogP contribution is -2.36. The van der Waals surface area contributed by atoms with Crippen LogP contribution in [0.2, 0.25) is 0 Å². The number of nitrogens with one attached hydrogen (secondary N) is 1. The number of ether oxygens (including phenoxy) is 1. The lowest BCUT2D eigenvalue weighted by atomic mass is 9.93. The van der Waals surface area contributed by atoms with Crippen molar-refractivity contribution in [1.29, 1.82) is 0 Å². The number of rotatable bonds is 4. The zero-order valence-corrected chi connectivity index (χ0v) is 14.4. The van der Waals surface area contributed by atoms with Crippen LogP contribution in [0.3, 0.4) is 0 Å². The minimum atomic E-state index is -0.325. The normalized spacial score (nSPS) is 17.3. The van der Waals surface area contributed by atoms with Crippen LogP contribution in [0.1, 0.15) is 24.3 Å². The van der Waals surface area contributed by atoms with Crippen LogP contribution in [0.5, 0.6) is 5.75 Å². The van der Waals surface area contributed by atoms with E-state index in [4.69, 9.17) is 4.74 Å². The van der Waals surface area contributed by atoms with E-state index < -0.39 is 0 Å². The van der Waals surface area contributed by atoms with Gasteiger partial charge in [-0.05, 0) is 48.6 Å². The van der Waals surface area contributed by atoms with Crippen LogP contribution in [0, 0.1) is 11.7 Å². The van der Waals surface area contributed by atoms with Crippen molar-refractivity contribution < 1.29 is 18.7 Å². The molecule has 1 saturated carbocycles. The molecule has 1 fully saturated rings. The summed E-state index contributed by atoms with van der Waals surface area (Å²) in [5, 5.41) is 2.94. The summed E-state index contributed by atoms with van der Waals surface area (Å²) < 4.78 is 18.8. The van der Waals surface area contributed by atoms with Crippen LogP contribution in [0.15, 0.2) is 42.5 Å². The lowest BCUT2D eigenvalue weighted by Gasteiger charge is -2.28. The minimum absolute atomic E-state index is 0.0552. The van der Waals surface area contributed by atoms with E-state index in [0.29, 0.717) is 17.1 Å². The molecule has 2 aliphatic rings. The summed E-state index contributed by atoms with van der Waals surface area (Å²) in [5.74, 6) is -0.156. The molecule has 26 heavy (non-hydrogen) atoms. The molecule has 4 rings (SSSR count). The third-order valence-corrected chi connectivity index (χ3v) is 4.93. The Balaban J connectivity index is 1.61. The summed E-state index contributed by atoms with van der Waals surface area (Å²) in [5.41, 5.74) is 1.98. The topological polar surface area (TPSA) is 58.6 Å². The van der Waals surface area contributed by atoms with Crippen molar-refractivity contribution in [1.82, 2.24) is 0 Å². The maximum absolute atomic E-state index is 13.2. The van der Waals surface area contributed by atoms with E-state index in [9.17, 15) is 14.0 Å². The summed E-state index contributed by atoms with van der Waals surface area (Å²) in [4.78, 5) is 26.3. The number of amides is 2. The van der Waals surface area contributed by atoms with Crippen LogP contribution < -0.4 is 15.0 Å². The van der Waals surface area contributed by atoms with Crippen LogP contribution in [-0.2, 0) is 9.59 Å². The first-order valence-electron chi connectivity index (χ1n) is 8.63. The molecule has 0 saturated heterocycles. The number of carbonyl (C=O) groups is 2. The Morgan fingerprint density at radius 3 is 2.65 bits per heavy atom. The average Bonchev–Trinajstić information content (AvgIpc) is 3.45. The Hall–Kier alpha value is -2.89. The molecule has 6 heteroatoms. The van der Waals surface area contributed by atoms with Gasteiger partial charge in [-0.3, -0.25) is 9.59 Å². The van der Waals surface area contributed by atoms with Crippen molar-refractivity contribution in [2.75, 3.05) is 23.9 Å². The number of anilines is 2. The summed E-state index contributed by atoms with van der Waals surface area (Å²) in [6, 6.07) is 11.4. The molecule has 2 aromatic carbocycles. The van der Waals surface area contributed by atoms with Crippen LogP contribution >= 0.6 is 0 Å². The van der Waals surface area contributed by atoms with Crippen LogP contribution in [0.4, 0.5) is 15.8 Å². The van der Waals surface area contributed by atoms with Crippen LogP contribution in [-0.4, -0.2) is 25.5 Å². The summed E-state index contributed by atoms with van der Waals surface area (Å²) in [7, 11) is 1.68. The van der Waals surface area contributed by atoms with Gasteiger partial charge in [0.1, 0.15) is 5.82 Å². The third kappa shape index (κ3) is 3.03. The summed E-state index contributed by atoms with van der Waals surface area (Å²) in [6.07, 6.45) is 1.96. The Bertz CT molecular complexity index is 862. The number of hydrogen-bond donors (Lipinski definition) is 1. The maximum atomic E-state index is 13.2. The molecule has 1 aliphatic heterocycles. The van der Waals surface area contributed by atoms with Gasteiger partial charge in [0, 0.05) is 7.05 Å². The number of fused-ring (bicyclic) bond motifs is 1. The molecule has 1 unspecified atom stereocenters. The van der Waals surface area contributed by atoms with E-state index in [1.807, 2.05) is 0 Å². The highest BCUT2D eigenvalue weighted by Crippen LogP contribution is 2.44. The van der Waals surface area contributed by atoms with Crippen molar-refractivity contribution in [2.24, 2.45) is 5.92 Å². The molecular formula is C20H19FN2O3. The minimum Gasteiger partial charge on any atom is -0.479 e. The van der Waals surface area contributed by atoms with E-state index in [1.165, 1.54) is 17.0 Å². The number of nitrogens with zero attached hydrogens (tertiary/aromatic N) is 1. The van der Waals surface area contributed by atoms with E-state index in [-0.39, 0.29) is 36.1 Å². The molecule has 0 radical (unpaired) electrons. The zero-order valence-electron chi connectivity index (χ0n) is 14.4. The largest absolute Gasteiger partial charge is 0.479 e. The zero-order chi connectivity index (χ0) is 18.3. The third-order valence-electron chi connectivity index (χ3n) is 4.93.